The van der Waals surface area contributed by atoms with Crippen LogP contribution < -0.4 is 0 Å². The van der Waals surface area contributed by atoms with Crippen LogP contribution in [0.25, 0.3) is 33.0 Å². The van der Waals surface area contributed by atoms with Crippen LogP contribution in [0.3, 0.4) is 0 Å². The molecule has 0 heteroatoms. The normalized spacial score (nSPS) is 10.6. The molecule has 6 rings (SSSR count). The first kappa shape index (κ1) is 44.2. The quantitative estimate of drug-likeness (QED) is 0.152. The fraction of sp³-hybridized carbons (Fsp3) is 0.283. The summed E-state index contributed by atoms with van der Waals surface area (Å²) in [7, 11) is 0. The molecule has 0 aliphatic rings. The molecule has 0 fully saturated rings. The second kappa shape index (κ2) is 25.1. The number of rotatable bonds is 6. The molecule has 0 N–H and O–H groups in total. The van der Waals surface area contributed by atoms with Crippen molar-refractivity contribution in [3.63, 3.8) is 0 Å². The zero-order chi connectivity index (χ0) is 39.0. The average molecular weight is 703 g/mol. The van der Waals surface area contributed by atoms with E-state index in [2.05, 4.69) is 227 Å². The zero-order valence-electron chi connectivity index (χ0n) is 34.7. The minimum atomic E-state index is 0.833. The smallest absolute Gasteiger partial charge is 0.0105 e. The Morgan fingerprint density at radius 3 is 1.47 bits per heavy atom. The van der Waals surface area contributed by atoms with Gasteiger partial charge in [-0.15, -0.1) is 0 Å². The summed E-state index contributed by atoms with van der Waals surface area (Å²) in [5.74, 6) is 0.833. The van der Waals surface area contributed by atoms with Gasteiger partial charge in [-0.3, -0.25) is 0 Å². The lowest BCUT2D eigenvalue weighted by atomic mass is 9.97. The highest BCUT2D eigenvalue weighted by atomic mass is 14.1. The van der Waals surface area contributed by atoms with Gasteiger partial charge in [-0.25, -0.2) is 0 Å². The van der Waals surface area contributed by atoms with Gasteiger partial charge >= 0.3 is 0 Å². The molecule has 0 saturated heterocycles. The van der Waals surface area contributed by atoms with Crippen molar-refractivity contribution in [1.82, 2.24) is 0 Å². The summed E-state index contributed by atoms with van der Waals surface area (Å²) < 4.78 is 0. The van der Waals surface area contributed by atoms with Crippen LogP contribution in [0, 0.1) is 33.6 Å². The maximum Gasteiger partial charge on any atom is -0.0105 e. The van der Waals surface area contributed by atoms with Gasteiger partial charge in [-0.1, -0.05) is 215 Å². The van der Waals surface area contributed by atoms with Crippen LogP contribution in [-0.2, 0) is 6.42 Å². The van der Waals surface area contributed by atoms with Crippen LogP contribution in [0.5, 0.6) is 0 Å². The Labute approximate surface area is 324 Å². The predicted octanol–water partition coefficient (Wildman–Crippen LogP) is 16.3. The zero-order valence-corrected chi connectivity index (χ0v) is 34.7. The fourth-order valence-electron chi connectivity index (χ4n) is 5.66. The molecule has 0 nitrogen and oxygen atoms in total. The second-order valence-electron chi connectivity index (χ2n) is 14.3. The third-order valence-electron chi connectivity index (χ3n) is 8.35. The molecule has 0 amide bonds. The number of fused-ring (bicyclic) bond motifs is 1. The summed E-state index contributed by atoms with van der Waals surface area (Å²) in [5, 5.41) is 2.63. The van der Waals surface area contributed by atoms with E-state index in [0.29, 0.717) is 0 Å². The highest BCUT2D eigenvalue weighted by Gasteiger charge is 2.04. The van der Waals surface area contributed by atoms with Crippen molar-refractivity contribution >= 4 is 10.8 Å². The Kier molecular flexibility index (Phi) is 20.9. The van der Waals surface area contributed by atoms with Crippen molar-refractivity contribution in [1.29, 1.82) is 0 Å². The number of allylic oxidation sites excluding steroid dienone is 4. The third-order valence-corrected chi connectivity index (χ3v) is 8.35. The lowest BCUT2D eigenvalue weighted by molar-refractivity contribution is 0.737. The van der Waals surface area contributed by atoms with Gasteiger partial charge in [0.25, 0.3) is 0 Å². The van der Waals surface area contributed by atoms with Gasteiger partial charge in [0.05, 0.1) is 0 Å². The third kappa shape index (κ3) is 17.0. The van der Waals surface area contributed by atoms with Crippen LogP contribution in [0.1, 0.15) is 89.1 Å². The van der Waals surface area contributed by atoms with E-state index in [1.165, 1.54) is 72.8 Å². The molecule has 0 unspecified atom stereocenters. The lowest BCUT2D eigenvalue weighted by Crippen LogP contribution is -1.85. The Morgan fingerprint density at radius 2 is 1.00 bits per heavy atom. The number of hydrogen-bond acceptors (Lipinski definition) is 0. The first-order valence-corrected chi connectivity index (χ1v) is 19.5. The van der Waals surface area contributed by atoms with E-state index in [1.54, 1.807) is 0 Å². The van der Waals surface area contributed by atoms with E-state index < -0.39 is 0 Å². The summed E-state index contributed by atoms with van der Waals surface area (Å²) in [6, 6.07) is 49.6. The van der Waals surface area contributed by atoms with Gasteiger partial charge in [0.2, 0.25) is 0 Å². The molecule has 0 radical (unpaired) electrons. The van der Waals surface area contributed by atoms with Gasteiger partial charge < -0.3 is 0 Å². The maximum atomic E-state index is 2.25. The topological polar surface area (TPSA) is 0 Å². The summed E-state index contributed by atoms with van der Waals surface area (Å²) in [6.07, 6.45) is 9.88. The van der Waals surface area contributed by atoms with Gasteiger partial charge in [0.1, 0.15) is 0 Å². The molecule has 0 atom stereocenters. The highest BCUT2D eigenvalue weighted by molar-refractivity contribution is 5.96. The van der Waals surface area contributed by atoms with Gasteiger partial charge in [-0.2, -0.15) is 0 Å². The fourth-order valence-corrected chi connectivity index (χ4v) is 5.66. The maximum absolute atomic E-state index is 2.25. The molecule has 6 aromatic rings. The minimum Gasteiger partial charge on any atom is -0.0874 e. The molecule has 0 aliphatic heterocycles. The van der Waals surface area contributed by atoms with Crippen molar-refractivity contribution in [2.24, 2.45) is 5.92 Å². The first-order valence-electron chi connectivity index (χ1n) is 19.5. The van der Waals surface area contributed by atoms with Crippen molar-refractivity contribution < 1.29 is 0 Å². The predicted molar refractivity (Wildman–Crippen MR) is 240 cm³/mol. The SMILES string of the molecule is C/C=C\C(C)=C/CC.CC(C)C.CCCc1ccc(-c2cccc3ccccc23)cc1.Cc1ccc(C)cc1.Cc1ccccc1-c1ccccc1C. The summed E-state index contributed by atoms with van der Waals surface area (Å²) in [6.45, 7) is 23.5. The molecule has 6 aromatic carbocycles. The van der Waals surface area contributed by atoms with E-state index in [-0.39, 0.29) is 0 Å². The van der Waals surface area contributed by atoms with Crippen LogP contribution in [0.2, 0.25) is 0 Å². The molecule has 278 valence electrons. The molecule has 0 bridgehead atoms. The van der Waals surface area contributed by atoms with Crippen LogP contribution in [0.15, 0.2) is 163 Å². The molecule has 0 heterocycles. The molecule has 53 heavy (non-hydrogen) atoms. The number of benzene rings is 6. The van der Waals surface area contributed by atoms with Crippen LogP contribution >= 0.6 is 0 Å². The highest BCUT2D eigenvalue weighted by Crippen LogP contribution is 2.29. The van der Waals surface area contributed by atoms with Gasteiger partial charge in [0, 0.05) is 0 Å². The van der Waals surface area contributed by atoms with Crippen molar-refractivity contribution in [2.45, 2.75) is 95.4 Å². The van der Waals surface area contributed by atoms with E-state index in [4.69, 9.17) is 0 Å². The lowest BCUT2D eigenvalue weighted by Gasteiger charge is -2.08. The Hall–Kier alpha value is -4.94. The van der Waals surface area contributed by atoms with Crippen LogP contribution in [0.4, 0.5) is 0 Å². The second-order valence-corrected chi connectivity index (χ2v) is 14.3. The number of aryl methyl sites for hydroxylation is 5. The summed E-state index contributed by atoms with van der Waals surface area (Å²) in [4.78, 5) is 0. The van der Waals surface area contributed by atoms with Crippen molar-refractivity contribution in [2.75, 3.05) is 0 Å². The Bertz CT molecular complexity index is 1860. The molecule has 0 aliphatic carbocycles. The molecular weight excluding hydrogens is 637 g/mol. The van der Waals surface area contributed by atoms with E-state index in [9.17, 15) is 0 Å². The standard InChI is InChI=1S/C19H18.C14H14.C8H10.C8H14.C4H10/c1-2-6-15-11-13-17(14-12-15)19-10-5-8-16-7-3-4-9-18(16)19;1-11-7-3-5-9-13(11)14-10-6-4-8-12(14)2;1-7-3-5-8(2)6-4-7;1-4-6-8(3)7-5-2;1-4(2)3/h3-5,7-14H,2,6H2,1H3;3-10H,1-2H3;3-6H,1-2H3;4,6-7H,5H2,1-3H3;4H,1-3H3/b;;;6-4-,8-7-;. The molecule has 0 spiro atoms. The van der Waals surface area contributed by atoms with Crippen molar-refractivity contribution in [3.8, 4) is 22.3 Å². The van der Waals surface area contributed by atoms with E-state index in [1.807, 2.05) is 6.92 Å². The monoisotopic (exact) mass is 703 g/mol. The van der Waals surface area contributed by atoms with Gasteiger partial charge in [0.15, 0.2) is 0 Å². The van der Waals surface area contributed by atoms with Gasteiger partial charge in [-0.05, 0) is 110 Å². The van der Waals surface area contributed by atoms with E-state index in [0.717, 1.165) is 18.8 Å². The Balaban J connectivity index is 0.000000251. The first-order chi connectivity index (χ1) is 25.5. The minimum absolute atomic E-state index is 0.833. The number of hydrogen-bond donors (Lipinski definition) is 0. The molecular formula is C53H66. The van der Waals surface area contributed by atoms with E-state index >= 15 is 0 Å². The van der Waals surface area contributed by atoms with Crippen LogP contribution in [-0.4, -0.2) is 0 Å². The summed E-state index contributed by atoms with van der Waals surface area (Å²) >= 11 is 0. The molecule has 0 saturated carbocycles. The summed E-state index contributed by atoms with van der Waals surface area (Å²) in [5.41, 5.74) is 13.4. The Morgan fingerprint density at radius 1 is 0.547 bits per heavy atom. The molecule has 0 aromatic heterocycles. The average Bonchev–Trinajstić information content (AvgIpc) is 3.15. The largest absolute Gasteiger partial charge is 0.0874 e. The van der Waals surface area contributed by atoms with Crippen molar-refractivity contribution in [3.05, 3.63) is 191 Å².